The summed E-state index contributed by atoms with van der Waals surface area (Å²) >= 11 is 3.42. The second-order valence-electron chi connectivity index (χ2n) is 6.49. The molecule has 0 aliphatic heterocycles. The van der Waals surface area contributed by atoms with E-state index >= 15 is 0 Å². The van der Waals surface area contributed by atoms with Crippen LogP contribution in [0.15, 0.2) is 46.9 Å². The molecule has 2 aromatic rings. The molecule has 0 unspecified atom stereocenters. The smallest absolute Gasteiger partial charge is 0.259 e. The van der Waals surface area contributed by atoms with Crippen LogP contribution in [0, 0.1) is 5.92 Å². The minimum absolute atomic E-state index is 0.219. The number of benzene rings is 2. The van der Waals surface area contributed by atoms with Gasteiger partial charge in [-0.1, -0.05) is 29.8 Å². The summed E-state index contributed by atoms with van der Waals surface area (Å²) in [4.78, 5) is 12.7. The molecule has 2 rings (SSSR count). The van der Waals surface area contributed by atoms with Gasteiger partial charge in [-0.05, 0) is 54.8 Å². The molecule has 0 radical (unpaired) electrons. The van der Waals surface area contributed by atoms with Crippen LogP contribution in [-0.2, 0) is 4.74 Å². The van der Waals surface area contributed by atoms with E-state index in [1.165, 1.54) is 0 Å². The maximum absolute atomic E-state index is 12.7. The topological polar surface area (TPSA) is 56.8 Å². The Morgan fingerprint density at radius 2 is 1.78 bits per heavy atom. The third-order valence-corrected chi connectivity index (χ3v) is 4.30. The second kappa shape index (κ2) is 10.9. The Bertz CT molecular complexity index is 731. The number of halogens is 1. The molecule has 1 amide bonds. The molecule has 1 N–H and O–H groups in total. The molecule has 146 valence electrons. The number of hydrogen-bond donors (Lipinski definition) is 1. The van der Waals surface area contributed by atoms with Crippen molar-refractivity contribution in [2.75, 3.05) is 32.2 Å². The van der Waals surface area contributed by atoms with E-state index in [1.807, 2.05) is 24.3 Å². The number of ether oxygens (including phenoxy) is 3. The van der Waals surface area contributed by atoms with Gasteiger partial charge in [0.15, 0.2) is 0 Å². The standard InChI is InChI=1S/C21H26BrNO4/c1-15(2)10-11-27-20-9-4-16(22)14-19(20)21(24)23-17-5-7-18(8-6-17)26-13-12-25-3/h4-9,14-15H,10-13H2,1-3H3,(H,23,24). The van der Waals surface area contributed by atoms with Crippen molar-refractivity contribution in [2.24, 2.45) is 5.92 Å². The first kappa shape index (κ1) is 21.3. The maximum Gasteiger partial charge on any atom is 0.259 e. The lowest BCUT2D eigenvalue weighted by atomic mass is 10.1. The highest BCUT2D eigenvalue weighted by molar-refractivity contribution is 9.10. The molecule has 0 fully saturated rings. The number of carbonyl (C=O) groups excluding carboxylic acids is 1. The van der Waals surface area contributed by atoms with Crippen LogP contribution in [0.3, 0.4) is 0 Å². The third kappa shape index (κ3) is 7.23. The van der Waals surface area contributed by atoms with Gasteiger partial charge in [0.1, 0.15) is 18.1 Å². The van der Waals surface area contributed by atoms with Crippen LogP contribution in [0.4, 0.5) is 5.69 Å². The highest BCUT2D eigenvalue weighted by atomic mass is 79.9. The Kier molecular flexibility index (Phi) is 8.61. The van der Waals surface area contributed by atoms with Crippen molar-refractivity contribution in [2.45, 2.75) is 20.3 Å². The van der Waals surface area contributed by atoms with E-state index in [0.717, 1.165) is 16.6 Å². The lowest BCUT2D eigenvalue weighted by Crippen LogP contribution is -2.14. The SMILES string of the molecule is COCCOc1ccc(NC(=O)c2cc(Br)ccc2OCCC(C)C)cc1. The first-order valence-electron chi connectivity index (χ1n) is 8.95. The molecule has 0 bridgehead atoms. The normalized spacial score (nSPS) is 10.7. The molecule has 0 atom stereocenters. The fourth-order valence-corrected chi connectivity index (χ4v) is 2.65. The molecular formula is C21H26BrNO4. The summed E-state index contributed by atoms with van der Waals surface area (Å²) in [5.41, 5.74) is 1.18. The summed E-state index contributed by atoms with van der Waals surface area (Å²) in [7, 11) is 1.63. The predicted octanol–water partition coefficient (Wildman–Crippen LogP) is 5.15. The van der Waals surface area contributed by atoms with Crippen molar-refractivity contribution in [3.8, 4) is 11.5 Å². The first-order valence-corrected chi connectivity index (χ1v) is 9.74. The quantitative estimate of drug-likeness (QED) is 0.524. The first-order chi connectivity index (χ1) is 13.0. The zero-order chi connectivity index (χ0) is 19.6. The minimum atomic E-state index is -0.219. The number of amides is 1. The van der Waals surface area contributed by atoms with Crippen molar-refractivity contribution < 1.29 is 19.0 Å². The van der Waals surface area contributed by atoms with Crippen molar-refractivity contribution in [1.82, 2.24) is 0 Å². The molecule has 0 aliphatic rings. The number of nitrogens with one attached hydrogen (secondary N) is 1. The zero-order valence-electron chi connectivity index (χ0n) is 16.0. The van der Waals surface area contributed by atoms with E-state index in [0.29, 0.717) is 42.7 Å². The van der Waals surface area contributed by atoms with E-state index in [9.17, 15) is 4.79 Å². The average molecular weight is 436 g/mol. The Morgan fingerprint density at radius 1 is 1.04 bits per heavy atom. The molecule has 0 saturated heterocycles. The van der Waals surface area contributed by atoms with Crippen molar-refractivity contribution >= 4 is 27.5 Å². The molecule has 0 heterocycles. The number of hydrogen-bond acceptors (Lipinski definition) is 4. The molecule has 0 aliphatic carbocycles. The monoisotopic (exact) mass is 435 g/mol. The van der Waals surface area contributed by atoms with Gasteiger partial charge in [0.2, 0.25) is 0 Å². The van der Waals surface area contributed by atoms with Crippen LogP contribution in [0.5, 0.6) is 11.5 Å². The Labute approximate surface area is 169 Å². The van der Waals surface area contributed by atoms with Crippen LogP contribution >= 0.6 is 15.9 Å². The summed E-state index contributed by atoms with van der Waals surface area (Å²) in [5, 5.41) is 2.90. The second-order valence-corrected chi connectivity index (χ2v) is 7.41. The number of methoxy groups -OCH3 is 1. The molecule has 5 nitrogen and oxygen atoms in total. The van der Waals surface area contributed by atoms with Crippen LogP contribution in [0.2, 0.25) is 0 Å². The summed E-state index contributed by atoms with van der Waals surface area (Å²) in [6, 6.07) is 12.7. The van der Waals surface area contributed by atoms with Gasteiger partial charge in [0.05, 0.1) is 18.8 Å². The molecule has 0 aromatic heterocycles. The van der Waals surface area contributed by atoms with Crippen LogP contribution in [0.25, 0.3) is 0 Å². The van der Waals surface area contributed by atoms with E-state index in [-0.39, 0.29) is 5.91 Å². The summed E-state index contributed by atoms with van der Waals surface area (Å²) < 4.78 is 17.1. The fourth-order valence-electron chi connectivity index (χ4n) is 2.29. The fraction of sp³-hybridized carbons (Fsp3) is 0.381. The molecule has 0 spiro atoms. The third-order valence-electron chi connectivity index (χ3n) is 3.81. The van der Waals surface area contributed by atoms with Gasteiger partial charge >= 0.3 is 0 Å². The van der Waals surface area contributed by atoms with Gasteiger partial charge in [0, 0.05) is 17.3 Å². The number of rotatable bonds is 10. The largest absolute Gasteiger partial charge is 0.493 e. The van der Waals surface area contributed by atoms with Crippen LogP contribution < -0.4 is 14.8 Å². The van der Waals surface area contributed by atoms with Crippen LogP contribution in [0.1, 0.15) is 30.6 Å². The predicted molar refractivity (Wildman–Crippen MR) is 111 cm³/mol. The lowest BCUT2D eigenvalue weighted by Gasteiger charge is -2.13. The highest BCUT2D eigenvalue weighted by Crippen LogP contribution is 2.25. The van der Waals surface area contributed by atoms with Gasteiger partial charge in [-0.3, -0.25) is 4.79 Å². The van der Waals surface area contributed by atoms with Gasteiger partial charge in [-0.25, -0.2) is 0 Å². The van der Waals surface area contributed by atoms with Crippen molar-refractivity contribution in [3.63, 3.8) is 0 Å². The van der Waals surface area contributed by atoms with Gasteiger partial charge in [-0.15, -0.1) is 0 Å². The van der Waals surface area contributed by atoms with Gasteiger partial charge in [0.25, 0.3) is 5.91 Å². The molecular weight excluding hydrogens is 410 g/mol. The van der Waals surface area contributed by atoms with Gasteiger partial charge < -0.3 is 19.5 Å². The van der Waals surface area contributed by atoms with E-state index in [2.05, 4.69) is 35.1 Å². The van der Waals surface area contributed by atoms with Gasteiger partial charge in [-0.2, -0.15) is 0 Å². The minimum Gasteiger partial charge on any atom is -0.493 e. The highest BCUT2D eigenvalue weighted by Gasteiger charge is 2.14. The van der Waals surface area contributed by atoms with E-state index in [4.69, 9.17) is 14.2 Å². The number of anilines is 1. The zero-order valence-corrected chi connectivity index (χ0v) is 17.5. The van der Waals surface area contributed by atoms with Crippen LogP contribution in [-0.4, -0.2) is 32.8 Å². The molecule has 27 heavy (non-hydrogen) atoms. The van der Waals surface area contributed by atoms with E-state index in [1.54, 1.807) is 25.3 Å². The maximum atomic E-state index is 12.7. The average Bonchev–Trinajstić information content (AvgIpc) is 2.64. The van der Waals surface area contributed by atoms with Crippen molar-refractivity contribution in [3.05, 3.63) is 52.5 Å². The van der Waals surface area contributed by atoms with E-state index < -0.39 is 0 Å². The molecule has 0 saturated carbocycles. The Hall–Kier alpha value is -2.05. The Balaban J connectivity index is 2.03. The molecule has 2 aromatic carbocycles. The summed E-state index contributed by atoms with van der Waals surface area (Å²) in [6.07, 6.45) is 0.932. The number of carbonyl (C=O) groups is 1. The lowest BCUT2D eigenvalue weighted by molar-refractivity contribution is 0.102. The van der Waals surface area contributed by atoms with Crippen molar-refractivity contribution in [1.29, 1.82) is 0 Å². The molecule has 6 heteroatoms. The summed E-state index contributed by atoms with van der Waals surface area (Å²) in [5.74, 6) is 1.63. The Morgan fingerprint density at radius 3 is 2.44 bits per heavy atom. The summed E-state index contributed by atoms with van der Waals surface area (Å²) in [6.45, 7) is 5.87.